The Morgan fingerprint density at radius 3 is 2.74 bits per heavy atom. The Labute approximate surface area is 209 Å². The van der Waals surface area contributed by atoms with Gasteiger partial charge in [0.25, 0.3) is 5.91 Å². The molecule has 0 saturated carbocycles. The molecule has 1 amide bonds. The van der Waals surface area contributed by atoms with Crippen molar-refractivity contribution in [3.05, 3.63) is 89.1 Å². The molecule has 2 aliphatic heterocycles. The number of aliphatic imine (C=N–C) groups is 1. The van der Waals surface area contributed by atoms with Gasteiger partial charge in [-0.2, -0.15) is 0 Å². The molecule has 1 saturated heterocycles. The molecular formula is C28H27N3O3S. The van der Waals surface area contributed by atoms with Crippen LogP contribution in [0.1, 0.15) is 42.2 Å². The molecule has 3 aromatic carbocycles. The minimum Gasteiger partial charge on any atom is -0.463 e. The molecule has 1 atom stereocenters. The number of amides is 1. The van der Waals surface area contributed by atoms with Gasteiger partial charge in [-0.3, -0.25) is 4.79 Å². The smallest absolute Gasteiger partial charge is 0.338 e. The van der Waals surface area contributed by atoms with E-state index < -0.39 is 0 Å². The first-order chi connectivity index (χ1) is 17.0. The van der Waals surface area contributed by atoms with E-state index >= 15 is 0 Å². The first-order valence-corrected chi connectivity index (χ1v) is 12.8. The second-order valence-corrected chi connectivity index (χ2v) is 9.62. The number of allylic oxidation sites excluding steroid dienone is 1. The number of anilines is 1. The molecule has 35 heavy (non-hydrogen) atoms. The summed E-state index contributed by atoms with van der Waals surface area (Å²) in [6.07, 6.45) is 1.01. The van der Waals surface area contributed by atoms with Crippen molar-refractivity contribution in [3.63, 3.8) is 0 Å². The zero-order chi connectivity index (χ0) is 24.4. The van der Waals surface area contributed by atoms with E-state index in [0.29, 0.717) is 29.1 Å². The van der Waals surface area contributed by atoms with Gasteiger partial charge in [0, 0.05) is 23.5 Å². The van der Waals surface area contributed by atoms with E-state index in [-0.39, 0.29) is 17.9 Å². The Bertz CT molecular complexity index is 1360. The number of ether oxygens (including phenoxy) is 1. The van der Waals surface area contributed by atoms with E-state index in [1.807, 2.05) is 73.7 Å². The number of rotatable bonds is 5. The predicted molar refractivity (Wildman–Crippen MR) is 142 cm³/mol. The summed E-state index contributed by atoms with van der Waals surface area (Å²) in [6.45, 7) is 4.78. The molecule has 5 rings (SSSR count). The Hall–Kier alpha value is -3.58. The van der Waals surface area contributed by atoms with E-state index in [2.05, 4.69) is 10.2 Å². The highest BCUT2D eigenvalue weighted by Crippen LogP contribution is 2.40. The van der Waals surface area contributed by atoms with Crippen molar-refractivity contribution >= 4 is 45.3 Å². The molecular weight excluding hydrogens is 458 g/mol. The van der Waals surface area contributed by atoms with E-state index in [9.17, 15) is 9.59 Å². The normalized spacial score (nSPS) is 17.6. The molecule has 6 nitrogen and oxygen atoms in total. The standard InChI is InChI=1S/C28H27N3O3S/c1-3-34-27(33)24-18(2)29-28-31(14-7-15-35-28)25(24)21-10-6-11-23(17-21)30-26(32)22-13-12-19-8-4-5-9-20(19)16-22/h4-6,8-13,16-17,25H,3,7,14-15H2,1-2H3,(H,30,32)/t25-/m0/s1. The highest BCUT2D eigenvalue weighted by atomic mass is 32.2. The summed E-state index contributed by atoms with van der Waals surface area (Å²) < 4.78 is 5.40. The van der Waals surface area contributed by atoms with Gasteiger partial charge in [0.2, 0.25) is 0 Å². The molecule has 1 N–H and O–H groups in total. The molecule has 0 aliphatic carbocycles. The second-order valence-electron chi connectivity index (χ2n) is 8.55. The van der Waals surface area contributed by atoms with Crippen LogP contribution in [0.3, 0.4) is 0 Å². The van der Waals surface area contributed by atoms with Crippen LogP contribution < -0.4 is 5.32 Å². The molecule has 7 heteroatoms. The minimum atomic E-state index is -0.348. The van der Waals surface area contributed by atoms with Crippen molar-refractivity contribution in [1.29, 1.82) is 0 Å². The highest BCUT2D eigenvalue weighted by Gasteiger charge is 2.38. The minimum absolute atomic E-state index is 0.176. The lowest BCUT2D eigenvalue weighted by Gasteiger charge is -2.40. The summed E-state index contributed by atoms with van der Waals surface area (Å²) in [4.78, 5) is 32.9. The van der Waals surface area contributed by atoms with Crippen LogP contribution >= 0.6 is 11.8 Å². The third kappa shape index (κ3) is 4.68. The quantitative estimate of drug-likeness (QED) is 0.464. The summed E-state index contributed by atoms with van der Waals surface area (Å²) in [5.74, 6) is 0.481. The lowest BCUT2D eigenvalue weighted by molar-refractivity contribution is -0.139. The van der Waals surface area contributed by atoms with Crippen LogP contribution in [0.15, 0.2) is 83.0 Å². The van der Waals surface area contributed by atoms with E-state index in [1.165, 1.54) is 0 Å². The Morgan fingerprint density at radius 1 is 1.09 bits per heavy atom. The number of amidine groups is 1. The van der Waals surface area contributed by atoms with E-state index in [4.69, 9.17) is 9.73 Å². The average molecular weight is 486 g/mol. The van der Waals surface area contributed by atoms with Gasteiger partial charge in [-0.25, -0.2) is 9.79 Å². The third-order valence-corrected chi connectivity index (χ3v) is 7.30. The number of hydrogen-bond donors (Lipinski definition) is 1. The highest BCUT2D eigenvalue weighted by molar-refractivity contribution is 8.13. The number of benzene rings is 3. The molecule has 1 fully saturated rings. The molecule has 0 bridgehead atoms. The molecule has 178 valence electrons. The third-order valence-electron chi connectivity index (χ3n) is 6.23. The van der Waals surface area contributed by atoms with Gasteiger partial charge in [0.15, 0.2) is 5.17 Å². The summed E-state index contributed by atoms with van der Waals surface area (Å²) in [6, 6.07) is 21.1. The van der Waals surface area contributed by atoms with Crippen molar-refractivity contribution < 1.29 is 14.3 Å². The van der Waals surface area contributed by atoms with Gasteiger partial charge in [0.05, 0.1) is 23.9 Å². The molecule has 0 spiro atoms. The number of hydrogen-bond acceptors (Lipinski definition) is 6. The molecule has 0 aromatic heterocycles. The summed E-state index contributed by atoms with van der Waals surface area (Å²) in [5, 5.41) is 6.07. The number of thioether (sulfide) groups is 1. The van der Waals surface area contributed by atoms with Crippen LogP contribution in [-0.4, -0.2) is 40.8 Å². The van der Waals surface area contributed by atoms with E-state index in [0.717, 1.165) is 40.2 Å². The second kappa shape index (κ2) is 9.96. The van der Waals surface area contributed by atoms with Crippen molar-refractivity contribution in [2.45, 2.75) is 26.3 Å². The van der Waals surface area contributed by atoms with E-state index in [1.54, 1.807) is 18.7 Å². The molecule has 0 unspecified atom stereocenters. The Morgan fingerprint density at radius 2 is 1.91 bits per heavy atom. The fourth-order valence-corrected chi connectivity index (χ4v) is 5.63. The van der Waals surface area contributed by atoms with Crippen molar-refractivity contribution in [2.24, 2.45) is 4.99 Å². The van der Waals surface area contributed by atoms with Crippen LogP contribution in [0.5, 0.6) is 0 Å². The Balaban J connectivity index is 1.46. The van der Waals surface area contributed by atoms with Gasteiger partial charge in [-0.1, -0.05) is 54.2 Å². The zero-order valence-electron chi connectivity index (χ0n) is 19.8. The van der Waals surface area contributed by atoms with Crippen molar-refractivity contribution in [3.8, 4) is 0 Å². The van der Waals surface area contributed by atoms with Crippen LogP contribution in [0.2, 0.25) is 0 Å². The van der Waals surface area contributed by atoms with Crippen molar-refractivity contribution in [1.82, 2.24) is 4.90 Å². The largest absolute Gasteiger partial charge is 0.463 e. The van der Waals surface area contributed by atoms with Crippen molar-refractivity contribution in [2.75, 3.05) is 24.2 Å². The molecule has 3 aromatic rings. The SMILES string of the molecule is CCOC(=O)C1=C(C)N=C2SCCCN2[C@H]1c1cccc(NC(=O)c2ccc3ccccc3c2)c1. The number of esters is 1. The number of nitrogens with one attached hydrogen (secondary N) is 1. The average Bonchev–Trinajstić information content (AvgIpc) is 2.87. The first kappa shape index (κ1) is 23.2. The summed E-state index contributed by atoms with van der Waals surface area (Å²) >= 11 is 1.71. The van der Waals surface area contributed by atoms with Crippen LogP contribution in [0.4, 0.5) is 5.69 Å². The lowest BCUT2D eigenvalue weighted by atomic mass is 9.94. The molecule has 2 aliphatic rings. The fourth-order valence-electron chi connectivity index (χ4n) is 4.61. The zero-order valence-corrected chi connectivity index (χ0v) is 20.6. The maximum Gasteiger partial charge on any atom is 0.338 e. The number of carbonyl (C=O) groups is 2. The first-order valence-electron chi connectivity index (χ1n) is 11.8. The van der Waals surface area contributed by atoms with Crippen LogP contribution in [0, 0.1) is 0 Å². The van der Waals surface area contributed by atoms with Gasteiger partial charge in [-0.15, -0.1) is 0 Å². The predicted octanol–water partition coefficient (Wildman–Crippen LogP) is 5.78. The number of nitrogens with zero attached hydrogens (tertiary/aromatic N) is 2. The van der Waals surface area contributed by atoms with Crippen LogP contribution in [0.25, 0.3) is 10.8 Å². The Kier molecular flexibility index (Phi) is 6.59. The lowest BCUT2D eigenvalue weighted by Crippen LogP contribution is -2.42. The van der Waals surface area contributed by atoms with Gasteiger partial charge in [0.1, 0.15) is 0 Å². The summed E-state index contributed by atoms with van der Waals surface area (Å²) in [5.41, 5.74) is 3.42. The monoisotopic (exact) mass is 485 g/mol. The number of carbonyl (C=O) groups excluding carboxylic acids is 2. The molecule has 2 heterocycles. The fraction of sp³-hybridized carbons (Fsp3) is 0.250. The van der Waals surface area contributed by atoms with Gasteiger partial charge in [-0.05, 0) is 60.9 Å². The maximum atomic E-state index is 13.1. The maximum absolute atomic E-state index is 13.1. The number of fused-ring (bicyclic) bond motifs is 2. The topological polar surface area (TPSA) is 71.0 Å². The summed E-state index contributed by atoms with van der Waals surface area (Å²) in [7, 11) is 0. The van der Waals surface area contributed by atoms with Crippen LogP contribution in [-0.2, 0) is 9.53 Å². The van der Waals surface area contributed by atoms with Gasteiger partial charge >= 0.3 is 5.97 Å². The van der Waals surface area contributed by atoms with Gasteiger partial charge < -0.3 is 15.0 Å². The molecule has 0 radical (unpaired) electrons.